The number of benzene rings is 2. The minimum absolute atomic E-state index is 0.877. The van der Waals surface area contributed by atoms with Gasteiger partial charge >= 0.3 is 0 Å². The molecular formula is C20H20BrN. The number of fused-ring (bicyclic) bond motifs is 1. The summed E-state index contributed by atoms with van der Waals surface area (Å²) in [5.41, 5.74) is 3.89. The molecule has 0 amide bonds. The zero-order valence-corrected chi connectivity index (χ0v) is 14.4. The summed E-state index contributed by atoms with van der Waals surface area (Å²) in [7, 11) is 0. The topological polar surface area (TPSA) is 12.9 Å². The molecule has 0 saturated carbocycles. The lowest BCUT2D eigenvalue weighted by Crippen LogP contribution is -1.94. The smallest absolute Gasteiger partial charge is 0.0526 e. The second-order valence-electron chi connectivity index (χ2n) is 5.72. The summed E-state index contributed by atoms with van der Waals surface area (Å²) in [6, 6.07) is 17.4. The number of hydrogen-bond acceptors (Lipinski definition) is 1. The van der Waals surface area contributed by atoms with E-state index in [9.17, 15) is 0 Å². The van der Waals surface area contributed by atoms with Gasteiger partial charge in [-0.2, -0.15) is 0 Å². The monoisotopic (exact) mass is 353 g/mol. The van der Waals surface area contributed by atoms with Crippen molar-refractivity contribution in [2.24, 2.45) is 0 Å². The summed E-state index contributed by atoms with van der Waals surface area (Å²) in [4.78, 5) is 4.59. The molecule has 0 atom stereocenters. The zero-order chi connectivity index (χ0) is 15.4. The van der Waals surface area contributed by atoms with Gasteiger partial charge in [0.2, 0.25) is 0 Å². The maximum absolute atomic E-state index is 4.59. The van der Waals surface area contributed by atoms with Crippen molar-refractivity contribution in [3.05, 3.63) is 76.0 Å². The van der Waals surface area contributed by atoms with E-state index in [4.69, 9.17) is 0 Å². The number of nitrogens with zero attached hydrogens (tertiary/aromatic N) is 1. The van der Waals surface area contributed by atoms with E-state index in [1.54, 1.807) is 0 Å². The van der Waals surface area contributed by atoms with E-state index in [-0.39, 0.29) is 0 Å². The molecule has 1 heterocycles. The quantitative estimate of drug-likeness (QED) is 0.553. The fraction of sp³-hybridized carbons (Fsp3) is 0.250. The van der Waals surface area contributed by atoms with Crippen LogP contribution in [0.4, 0.5) is 0 Å². The van der Waals surface area contributed by atoms with Gasteiger partial charge in [-0.15, -0.1) is 0 Å². The standard InChI is InChI=1S/C20H20BrN/c1-2-3-4-15-5-7-16(8-6-15)13-20-19-14-18(21)10-9-17(19)11-12-22-20/h5-12,14H,2-4,13H2,1H3. The van der Waals surface area contributed by atoms with E-state index in [0.29, 0.717) is 0 Å². The van der Waals surface area contributed by atoms with Crippen LogP contribution in [-0.4, -0.2) is 4.98 Å². The Morgan fingerprint density at radius 2 is 1.73 bits per heavy atom. The highest BCUT2D eigenvalue weighted by atomic mass is 79.9. The number of unbranched alkanes of at least 4 members (excludes halogenated alkanes) is 1. The largest absolute Gasteiger partial charge is 0.260 e. The first-order valence-corrected chi connectivity index (χ1v) is 8.66. The van der Waals surface area contributed by atoms with Crippen LogP contribution in [0, 0.1) is 0 Å². The molecule has 0 spiro atoms. The van der Waals surface area contributed by atoms with Crippen LogP contribution in [0.1, 0.15) is 36.6 Å². The molecule has 1 nitrogen and oxygen atoms in total. The Kier molecular flexibility index (Phi) is 4.89. The van der Waals surface area contributed by atoms with Gasteiger partial charge in [0.15, 0.2) is 0 Å². The molecule has 0 aliphatic rings. The number of aromatic nitrogens is 1. The summed E-state index contributed by atoms with van der Waals surface area (Å²) in [6.45, 7) is 2.23. The lowest BCUT2D eigenvalue weighted by Gasteiger charge is -2.07. The summed E-state index contributed by atoms with van der Waals surface area (Å²) in [5, 5.41) is 2.47. The average molecular weight is 354 g/mol. The lowest BCUT2D eigenvalue weighted by molar-refractivity contribution is 0.794. The molecule has 0 aliphatic heterocycles. The molecule has 1 aromatic heterocycles. The third kappa shape index (κ3) is 3.56. The SMILES string of the molecule is CCCCc1ccc(Cc2nccc3ccc(Br)cc23)cc1. The predicted molar refractivity (Wildman–Crippen MR) is 97.3 cm³/mol. The molecule has 2 aromatic carbocycles. The van der Waals surface area contributed by atoms with Crippen molar-refractivity contribution >= 4 is 26.7 Å². The van der Waals surface area contributed by atoms with E-state index in [1.807, 2.05) is 6.20 Å². The Morgan fingerprint density at radius 1 is 0.955 bits per heavy atom. The molecule has 0 unspecified atom stereocenters. The van der Waals surface area contributed by atoms with Gasteiger partial charge in [0.1, 0.15) is 0 Å². The summed E-state index contributed by atoms with van der Waals surface area (Å²) in [6.07, 6.45) is 6.47. The zero-order valence-electron chi connectivity index (χ0n) is 12.8. The van der Waals surface area contributed by atoms with Crippen LogP contribution >= 0.6 is 15.9 Å². The molecular weight excluding hydrogens is 334 g/mol. The Bertz CT molecular complexity index is 762. The van der Waals surface area contributed by atoms with Gasteiger partial charge in [0, 0.05) is 22.5 Å². The van der Waals surface area contributed by atoms with Crippen LogP contribution in [0.5, 0.6) is 0 Å². The predicted octanol–water partition coefficient (Wildman–Crippen LogP) is 5.93. The number of rotatable bonds is 5. The highest BCUT2D eigenvalue weighted by Gasteiger charge is 2.05. The fourth-order valence-corrected chi connectivity index (χ4v) is 3.10. The number of hydrogen-bond donors (Lipinski definition) is 0. The molecule has 0 aliphatic carbocycles. The van der Waals surface area contributed by atoms with Gasteiger partial charge in [0.25, 0.3) is 0 Å². The van der Waals surface area contributed by atoms with Gasteiger partial charge in [-0.1, -0.05) is 59.6 Å². The Morgan fingerprint density at radius 3 is 2.50 bits per heavy atom. The average Bonchev–Trinajstić information content (AvgIpc) is 2.55. The second kappa shape index (κ2) is 7.06. The molecule has 3 rings (SSSR count). The minimum atomic E-state index is 0.877. The van der Waals surface area contributed by atoms with E-state index < -0.39 is 0 Å². The molecule has 0 radical (unpaired) electrons. The summed E-state index contributed by atoms with van der Waals surface area (Å²) < 4.78 is 1.10. The fourth-order valence-electron chi connectivity index (χ4n) is 2.74. The maximum atomic E-state index is 4.59. The van der Waals surface area contributed by atoms with Crippen molar-refractivity contribution in [3.8, 4) is 0 Å². The number of pyridine rings is 1. The first-order chi connectivity index (χ1) is 10.8. The molecule has 112 valence electrons. The molecule has 22 heavy (non-hydrogen) atoms. The Hall–Kier alpha value is -1.67. The minimum Gasteiger partial charge on any atom is -0.260 e. The van der Waals surface area contributed by atoms with Gasteiger partial charge in [0.05, 0.1) is 5.69 Å². The van der Waals surface area contributed by atoms with Crippen molar-refractivity contribution in [2.75, 3.05) is 0 Å². The molecule has 2 heteroatoms. The van der Waals surface area contributed by atoms with Crippen LogP contribution in [0.2, 0.25) is 0 Å². The van der Waals surface area contributed by atoms with E-state index in [1.165, 1.54) is 41.2 Å². The van der Waals surface area contributed by atoms with Crippen molar-refractivity contribution in [1.29, 1.82) is 0 Å². The van der Waals surface area contributed by atoms with Crippen LogP contribution in [-0.2, 0) is 12.8 Å². The van der Waals surface area contributed by atoms with Gasteiger partial charge in [-0.05, 0) is 47.6 Å². The van der Waals surface area contributed by atoms with Gasteiger partial charge in [-0.25, -0.2) is 0 Å². The number of aryl methyl sites for hydroxylation is 1. The van der Waals surface area contributed by atoms with E-state index >= 15 is 0 Å². The first-order valence-electron chi connectivity index (χ1n) is 7.87. The second-order valence-corrected chi connectivity index (χ2v) is 6.64. The molecule has 3 aromatic rings. The number of halogens is 1. The van der Waals surface area contributed by atoms with Crippen molar-refractivity contribution < 1.29 is 0 Å². The van der Waals surface area contributed by atoms with Crippen molar-refractivity contribution in [1.82, 2.24) is 4.98 Å². The lowest BCUT2D eigenvalue weighted by atomic mass is 10.0. The van der Waals surface area contributed by atoms with Crippen molar-refractivity contribution in [2.45, 2.75) is 32.6 Å². The Balaban J connectivity index is 1.85. The Labute approximate surface area is 140 Å². The normalized spacial score (nSPS) is 11.0. The van der Waals surface area contributed by atoms with Gasteiger partial charge in [-0.3, -0.25) is 4.98 Å². The van der Waals surface area contributed by atoms with Crippen molar-refractivity contribution in [3.63, 3.8) is 0 Å². The van der Waals surface area contributed by atoms with E-state index in [0.717, 1.165) is 16.6 Å². The summed E-state index contributed by atoms with van der Waals surface area (Å²) in [5.74, 6) is 0. The van der Waals surface area contributed by atoms with Crippen LogP contribution < -0.4 is 0 Å². The first kappa shape index (κ1) is 15.2. The molecule has 0 bridgehead atoms. The molecule has 0 saturated heterocycles. The maximum Gasteiger partial charge on any atom is 0.0526 e. The third-order valence-electron chi connectivity index (χ3n) is 4.02. The highest BCUT2D eigenvalue weighted by Crippen LogP contribution is 2.23. The third-order valence-corrected chi connectivity index (χ3v) is 4.52. The highest BCUT2D eigenvalue weighted by molar-refractivity contribution is 9.10. The molecule has 0 fully saturated rings. The summed E-state index contributed by atoms with van der Waals surface area (Å²) >= 11 is 3.56. The van der Waals surface area contributed by atoms with E-state index in [2.05, 4.69) is 76.4 Å². The van der Waals surface area contributed by atoms with Crippen LogP contribution in [0.15, 0.2) is 59.2 Å². The van der Waals surface area contributed by atoms with Crippen LogP contribution in [0.3, 0.4) is 0 Å². The van der Waals surface area contributed by atoms with Crippen LogP contribution in [0.25, 0.3) is 10.8 Å². The molecule has 0 N–H and O–H groups in total. The van der Waals surface area contributed by atoms with Gasteiger partial charge < -0.3 is 0 Å².